The van der Waals surface area contributed by atoms with E-state index in [1.54, 1.807) is 0 Å². The third kappa shape index (κ3) is 1.47. The van der Waals surface area contributed by atoms with E-state index in [0.29, 0.717) is 6.04 Å². The van der Waals surface area contributed by atoms with Gasteiger partial charge in [-0.2, -0.15) is 0 Å². The molecule has 0 aromatic rings. The van der Waals surface area contributed by atoms with Gasteiger partial charge in [-0.1, -0.05) is 0 Å². The Labute approximate surface area is 85.8 Å². The summed E-state index contributed by atoms with van der Waals surface area (Å²) in [5, 5.41) is 3.73. The van der Waals surface area contributed by atoms with Gasteiger partial charge in [0.2, 0.25) is 0 Å². The van der Waals surface area contributed by atoms with E-state index in [9.17, 15) is 0 Å². The summed E-state index contributed by atoms with van der Waals surface area (Å²) in [7, 11) is 2.30. The Hall–Kier alpha value is -0.120. The second-order valence-electron chi connectivity index (χ2n) is 5.12. The highest BCUT2D eigenvalue weighted by molar-refractivity contribution is 4.97. The van der Waals surface area contributed by atoms with Gasteiger partial charge in [0.1, 0.15) is 0 Å². The smallest absolute Gasteiger partial charge is 0.0643 e. The molecule has 0 spiro atoms. The first kappa shape index (κ1) is 9.13. The Morgan fingerprint density at radius 3 is 2.21 bits per heavy atom. The molecule has 3 heteroatoms. The van der Waals surface area contributed by atoms with Gasteiger partial charge in [-0.15, -0.1) is 0 Å². The van der Waals surface area contributed by atoms with Crippen molar-refractivity contribution in [3.05, 3.63) is 0 Å². The van der Waals surface area contributed by atoms with E-state index in [1.165, 1.54) is 25.7 Å². The highest BCUT2D eigenvalue weighted by Gasteiger charge is 2.39. The van der Waals surface area contributed by atoms with Crippen LogP contribution in [-0.2, 0) is 4.74 Å². The Morgan fingerprint density at radius 1 is 1.07 bits per heavy atom. The van der Waals surface area contributed by atoms with E-state index in [-0.39, 0.29) is 0 Å². The van der Waals surface area contributed by atoms with Crippen LogP contribution in [0.15, 0.2) is 0 Å². The Bertz CT molecular complexity index is 203. The Kier molecular flexibility index (Phi) is 2.26. The molecule has 0 aromatic carbocycles. The lowest BCUT2D eigenvalue weighted by atomic mass is 9.97. The third-order valence-corrected chi connectivity index (χ3v) is 4.21. The molecular formula is C11H20N2O. The molecule has 3 heterocycles. The van der Waals surface area contributed by atoms with Gasteiger partial charge in [0.05, 0.1) is 19.3 Å². The molecule has 3 fully saturated rings. The van der Waals surface area contributed by atoms with Gasteiger partial charge in [0.15, 0.2) is 0 Å². The fourth-order valence-electron chi connectivity index (χ4n) is 3.21. The second kappa shape index (κ2) is 3.47. The lowest BCUT2D eigenvalue weighted by Crippen LogP contribution is -2.55. The van der Waals surface area contributed by atoms with Crippen LogP contribution < -0.4 is 5.32 Å². The van der Waals surface area contributed by atoms with Gasteiger partial charge in [0.25, 0.3) is 0 Å². The summed E-state index contributed by atoms with van der Waals surface area (Å²) < 4.78 is 5.19. The van der Waals surface area contributed by atoms with E-state index in [0.717, 1.165) is 31.3 Å². The fourth-order valence-corrected chi connectivity index (χ4v) is 3.21. The minimum absolute atomic E-state index is 0.655. The summed E-state index contributed by atoms with van der Waals surface area (Å²) in [5.41, 5.74) is 0. The van der Waals surface area contributed by atoms with Crippen molar-refractivity contribution < 1.29 is 4.74 Å². The molecule has 2 bridgehead atoms. The average molecular weight is 196 g/mol. The Morgan fingerprint density at radius 2 is 1.71 bits per heavy atom. The van der Waals surface area contributed by atoms with Crippen LogP contribution in [0.4, 0.5) is 0 Å². The molecule has 0 saturated carbocycles. The van der Waals surface area contributed by atoms with Crippen LogP contribution in [0.1, 0.15) is 25.7 Å². The molecule has 0 aromatic heterocycles. The number of piperidine rings is 1. The van der Waals surface area contributed by atoms with Crippen LogP contribution in [0.25, 0.3) is 0 Å². The topological polar surface area (TPSA) is 24.5 Å². The van der Waals surface area contributed by atoms with Gasteiger partial charge >= 0.3 is 0 Å². The summed E-state index contributed by atoms with van der Waals surface area (Å²) in [6, 6.07) is 3.12. The normalized spacial score (nSPS) is 43.9. The van der Waals surface area contributed by atoms with E-state index >= 15 is 0 Å². The molecule has 14 heavy (non-hydrogen) atoms. The van der Waals surface area contributed by atoms with Gasteiger partial charge in [0, 0.05) is 18.1 Å². The molecule has 0 radical (unpaired) electrons. The zero-order valence-electron chi connectivity index (χ0n) is 8.91. The minimum atomic E-state index is 0.655. The van der Waals surface area contributed by atoms with E-state index in [1.807, 2.05) is 0 Å². The number of fused-ring (bicyclic) bond motifs is 2. The van der Waals surface area contributed by atoms with Crippen molar-refractivity contribution >= 4 is 0 Å². The first-order valence-electron chi connectivity index (χ1n) is 5.88. The molecule has 3 saturated heterocycles. The van der Waals surface area contributed by atoms with Crippen molar-refractivity contribution in [2.75, 3.05) is 20.3 Å². The standard InChI is InChI=1S/C11H20N2O/c1-13-10-2-3-11(13)5-8(4-10)12-9-6-14-7-9/h8-12H,2-7H2,1H3. The molecule has 1 N–H and O–H groups in total. The molecule has 2 unspecified atom stereocenters. The molecule has 3 aliphatic rings. The zero-order valence-corrected chi connectivity index (χ0v) is 8.91. The maximum absolute atomic E-state index is 5.19. The maximum atomic E-state index is 5.19. The first-order chi connectivity index (χ1) is 6.83. The van der Waals surface area contributed by atoms with Crippen molar-refractivity contribution in [3.63, 3.8) is 0 Å². The molecular weight excluding hydrogens is 176 g/mol. The highest BCUT2D eigenvalue weighted by atomic mass is 16.5. The summed E-state index contributed by atoms with van der Waals surface area (Å²) in [6.45, 7) is 1.86. The van der Waals surface area contributed by atoms with Crippen LogP contribution in [0, 0.1) is 0 Å². The van der Waals surface area contributed by atoms with Crippen LogP contribution >= 0.6 is 0 Å². The zero-order chi connectivity index (χ0) is 9.54. The number of nitrogens with zero attached hydrogens (tertiary/aromatic N) is 1. The first-order valence-corrected chi connectivity index (χ1v) is 5.88. The average Bonchev–Trinajstić information content (AvgIpc) is 2.38. The van der Waals surface area contributed by atoms with E-state index < -0.39 is 0 Å². The number of nitrogens with one attached hydrogen (secondary N) is 1. The Balaban J connectivity index is 1.57. The molecule has 0 amide bonds. The van der Waals surface area contributed by atoms with Gasteiger partial charge in [-0.3, -0.25) is 0 Å². The van der Waals surface area contributed by atoms with Crippen molar-refractivity contribution in [1.82, 2.24) is 10.2 Å². The monoisotopic (exact) mass is 196 g/mol. The van der Waals surface area contributed by atoms with Gasteiger partial charge in [-0.25, -0.2) is 0 Å². The van der Waals surface area contributed by atoms with Crippen LogP contribution in [0.3, 0.4) is 0 Å². The molecule has 0 aliphatic carbocycles. The van der Waals surface area contributed by atoms with Crippen molar-refractivity contribution in [2.24, 2.45) is 0 Å². The van der Waals surface area contributed by atoms with Crippen molar-refractivity contribution in [3.8, 4) is 0 Å². The largest absolute Gasteiger partial charge is 0.378 e. The fraction of sp³-hybridized carbons (Fsp3) is 1.00. The van der Waals surface area contributed by atoms with Gasteiger partial charge < -0.3 is 15.0 Å². The molecule has 3 rings (SSSR count). The predicted octanol–water partition coefficient (Wildman–Crippen LogP) is 0.600. The van der Waals surface area contributed by atoms with Crippen LogP contribution in [0.2, 0.25) is 0 Å². The number of hydrogen-bond acceptors (Lipinski definition) is 3. The lowest BCUT2D eigenvalue weighted by molar-refractivity contribution is -0.0158. The predicted molar refractivity (Wildman–Crippen MR) is 55.3 cm³/mol. The van der Waals surface area contributed by atoms with Crippen molar-refractivity contribution in [1.29, 1.82) is 0 Å². The summed E-state index contributed by atoms with van der Waals surface area (Å²) in [4.78, 5) is 2.59. The van der Waals surface area contributed by atoms with E-state index in [4.69, 9.17) is 4.74 Å². The van der Waals surface area contributed by atoms with E-state index in [2.05, 4.69) is 17.3 Å². The quantitative estimate of drug-likeness (QED) is 0.700. The number of ether oxygens (including phenoxy) is 1. The second-order valence-corrected chi connectivity index (χ2v) is 5.12. The minimum Gasteiger partial charge on any atom is -0.378 e. The molecule has 3 nitrogen and oxygen atoms in total. The maximum Gasteiger partial charge on any atom is 0.0643 e. The summed E-state index contributed by atoms with van der Waals surface area (Å²) >= 11 is 0. The van der Waals surface area contributed by atoms with Crippen LogP contribution in [-0.4, -0.2) is 49.3 Å². The number of hydrogen-bond donors (Lipinski definition) is 1. The summed E-state index contributed by atoms with van der Waals surface area (Å²) in [5.74, 6) is 0. The highest BCUT2D eigenvalue weighted by Crippen LogP contribution is 2.34. The SMILES string of the molecule is CN1C2CCC1CC(NC1COC1)C2. The van der Waals surface area contributed by atoms with Gasteiger partial charge in [-0.05, 0) is 32.7 Å². The van der Waals surface area contributed by atoms with Crippen molar-refractivity contribution in [2.45, 2.75) is 49.9 Å². The molecule has 3 aliphatic heterocycles. The third-order valence-electron chi connectivity index (χ3n) is 4.21. The lowest BCUT2D eigenvalue weighted by Gasteiger charge is -2.40. The number of rotatable bonds is 2. The summed E-state index contributed by atoms with van der Waals surface area (Å²) in [6.07, 6.45) is 5.54. The molecule has 2 atom stereocenters. The van der Waals surface area contributed by atoms with Crippen LogP contribution in [0.5, 0.6) is 0 Å². The molecule has 80 valence electrons.